The van der Waals surface area contributed by atoms with Crippen LogP contribution in [0, 0.1) is 5.82 Å². The highest BCUT2D eigenvalue weighted by molar-refractivity contribution is 6.30. The van der Waals surface area contributed by atoms with E-state index in [0.717, 1.165) is 5.01 Å². The number of hydrogen-bond donors (Lipinski definition) is 1. The second-order valence-electron chi connectivity index (χ2n) is 2.49. The fourth-order valence-electron chi connectivity index (χ4n) is 0.905. The number of rotatable bonds is 3. The topological polar surface area (TPSA) is 46.3 Å². The quantitative estimate of drug-likeness (QED) is 0.348. The van der Waals surface area contributed by atoms with Crippen LogP contribution < -0.4 is 5.84 Å². The first-order valence-electron chi connectivity index (χ1n) is 3.54. The van der Waals surface area contributed by atoms with Crippen molar-refractivity contribution in [2.75, 3.05) is 0 Å². The predicted molar refractivity (Wildman–Crippen MR) is 47.2 cm³/mol. The minimum atomic E-state index is -0.540. The summed E-state index contributed by atoms with van der Waals surface area (Å²) >= 11 is 5.52. The first-order valence-corrected chi connectivity index (χ1v) is 3.92. The highest BCUT2D eigenvalue weighted by Crippen LogP contribution is 2.18. The number of carbonyl (C=O) groups excluding carboxylic acids is 1. The Hall–Kier alpha value is -1.13. The Balaban J connectivity index is 2.88. The zero-order valence-electron chi connectivity index (χ0n) is 6.71. The molecule has 1 amide bonds. The van der Waals surface area contributed by atoms with Gasteiger partial charge in [-0.05, 0) is 6.07 Å². The van der Waals surface area contributed by atoms with Gasteiger partial charge in [0.1, 0.15) is 5.82 Å². The van der Waals surface area contributed by atoms with Crippen molar-refractivity contribution >= 4 is 18.0 Å². The maximum Gasteiger partial charge on any atom is 0.223 e. The first kappa shape index (κ1) is 9.95. The average Bonchev–Trinajstić information content (AvgIpc) is 2.13. The molecule has 5 heteroatoms. The summed E-state index contributed by atoms with van der Waals surface area (Å²) in [4.78, 5) is 10.2. The molecule has 0 unspecified atom stereocenters. The third-order valence-electron chi connectivity index (χ3n) is 1.52. The highest BCUT2D eigenvalue weighted by Gasteiger charge is 2.07. The van der Waals surface area contributed by atoms with Crippen LogP contribution in [-0.2, 0) is 11.3 Å². The number of amides is 1. The molecule has 1 aromatic carbocycles. The number of carbonyl (C=O) groups is 1. The van der Waals surface area contributed by atoms with Crippen LogP contribution in [0.2, 0.25) is 5.02 Å². The number of benzene rings is 1. The maximum absolute atomic E-state index is 13.2. The van der Waals surface area contributed by atoms with Gasteiger partial charge in [0, 0.05) is 5.56 Å². The Labute approximate surface area is 79.9 Å². The molecule has 70 valence electrons. The van der Waals surface area contributed by atoms with Gasteiger partial charge in [-0.2, -0.15) is 0 Å². The van der Waals surface area contributed by atoms with Gasteiger partial charge in [-0.3, -0.25) is 9.80 Å². The van der Waals surface area contributed by atoms with Crippen molar-refractivity contribution in [1.82, 2.24) is 5.01 Å². The van der Waals surface area contributed by atoms with E-state index >= 15 is 0 Å². The van der Waals surface area contributed by atoms with Gasteiger partial charge in [0.15, 0.2) is 0 Å². The average molecular weight is 203 g/mol. The van der Waals surface area contributed by atoms with Crippen LogP contribution in [0.25, 0.3) is 0 Å². The molecule has 1 rings (SSSR count). The van der Waals surface area contributed by atoms with Crippen LogP contribution in [0.3, 0.4) is 0 Å². The Morgan fingerprint density at radius 3 is 2.92 bits per heavy atom. The van der Waals surface area contributed by atoms with Crippen molar-refractivity contribution in [2.24, 2.45) is 5.84 Å². The van der Waals surface area contributed by atoms with Gasteiger partial charge in [0.25, 0.3) is 0 Å². The van der Waals surface area contributed by atoms with Gasteiger partial charge in [-0.1, -0.05) is 23.7 Å². The van der Waals surface area contributed by atoms with Crippen LogP contribution >= 0.6 is 11.6 Å². The normalized spacial score (nSPS) is 9.77. The fourth-order valence-corrected chi connectivity index (χ4v) is 1.10. The van der Waals surface area contributed by atoms with Crippen molar-refractivity contribution in [1.29, 1.82) is 0 Å². The molecule has 0 aliphatic rings. The zero-order chi connectivity index (χ0) is 9.84. The minimum absolute atomic E-state index is 0.00981. The van der Waals surface area contributed by atoms with Crippen LogP contribution in [0.4, 0.5) is 4.39 Å². The van der Waals surface area contributed by atoms with Crippen LogP contribution in [0.5, 0.6) is 0 Å². The Bertz CT molecular complexity index is 319. The van der Waals surface area contributed by atoms with Crippen molar-refractivity contribution in [3.63, 3.8) is 0 Å². The molecule has 3 nitrogen and oxygen atoms in total. The van der Waals surface area contributed by atoms with E-state index in [0.29, 0.717) is 12.0 Å². The Kier molecular flexibility index (Phi) is 3.22. The molecule has 1 aromatic rings. The third kappa shape index (κ3) is 2.40. The van der Waals surface area contributed by atoms with Gasteiger partial charge >= 0.3 is 0 Å². The highest BCUT2D eigenvalue weighted by atomic mass is 35.5. The second-order valence-corrected chi connectivity index (χ2v) is 2.90. The summed E-state index contributed by atoms with van der Waals surface area (Å²) in [5, 5.41) is 0.867. The number of nitrogens with two attached hydrogens (primary N) is 1. The SMILES string of the molecule is NN(C=O)Cc1cccc(Cl)c1F. The summed E-state index contributed by atoms with van der Waals surface area (Å²) < 4.78 is 13.2. The van der Waals surface area contributed by atoms with E-state index < -0.39 is 5.82 Å². The van der Waals surface area contributed by atoms with Gasteiger partial charge in [-0.15, -0.1) is 0 Å². The largest absolute Gasteiger partial charge is 0.279 e. The first-order chi connectivity index (χ1) is 6.15. The van der Waals surface area contributed by atoms with Crippen molar-refractivity contribution in [3.8, 4) is 0 Å². The molecule has 0 saturated heterocycles. The van der Waals surface area contributed by atoms with Crippen molar-refractivity contribution < 1.29 is 9.18 Å². The molecule has 0 radical (unpaired) electrons. The molecular weight excluding hydrogens is 195 g/mol. The second kappa shape index (κ2) is 4.20. The van der Waals surface area contributed by atoms with Crippen LogP contribution in [-0.4, -0.2) is 11.4 Å². The van der Waals surface area contributed by atoms with E-state index in [2.05, 4.69) is 0 Å². The van der Waals surface area contributed by atoms with Gasteiger partial charge in [0.05, 0.1) is 11.6 Å². The molecule has 0 bridgehead atoms. The predicted octanol–water partition coefficient (Wildman–Crippen LogP) is 1.31. The summed E-state index contributed by atoms with van der Waals surface area (Å²) in [6.45, 7) is 0.00981. The molecule has 13 heavy (non-hydrogen) atoms. The fraction of sp³-hybridized carbons (Fsp3) is 0.125. The van der Waals surface area contributed by atoms with E-state index in [9.17, 15) is 9.18 Å². The zero-order valence-corrected chi connectivity index (χ0v) is 7.46. The smallest absolute Gasteiger partial charge is 0.223 e. The van der Waals surface area contributed by atoms with Crippen LogP contribution in [0.1, 0.15) is 5.56 Å². The summed E-state index contributed by atoms with van der Waals surface area (Å²) in [6, 6.07) is 4.55. The molecule has 0 atom stereocenters. The summed E-state index contributed by atoms with van der Waals surface area (Å²) in [7, 11) is 0. The monoisotopic (exact) mass is 202 g/mol. The van der Waals surface area contributed by atoms with Crippen molar-refractivity contribution in [2.45, 2.75) is 6.54 Å². The molecule has 0 aromatic heterocycles. The number of hydrazine groups is 1. The standard InChI is InChI=1S/C8H8ClFN2O/c9-7-3-1-2-6(8(7)10)4-12(11)5-13/h1-3,5H,4,11H2. The van der Waals surface area contributed by atoms with Crippen molar-refractivity contribution in [3.05, 3.63) is 34.6 Å². The Morgan fingerprint density at radius 1 is 1.62 bits per heavy atom. The van der Waals surface area contributed by atoms with E-state index in [1.54, 1.807) is 6.07 Å². The van der Waals surface area contributed by atoms with Gasteiger partial charge < -0.3 is 0 Å². The number of halogens is 2. The molecule has 2 N–H and O–H groups in total. The molecule has 0 aliphatic carbocycles. The summed E-state index contributed by atoms with van der Waals surface area (Å²) in [5.74, 6) is 4.64. The maximum atomic E-state index is 13.2. The Morgan fingerprint density at radius 2 is 2.31 bits per heavy atom. The lowest BCUT2D eigenvalue weighted by Gasteiger charge is -2.10. The third-order valence-corrected chi connectivity index (χ3v) is 1.81. The van der Waals surface area contributed by atoms with Gasteiger partial charge in [0.2, 0.25) is 6.41 Å². The van der Waals surface area contributed by atoms with E-state index in [-0.39, 0.29) is 11.6 Å². The molecule has 0 aliphatic heterocycles. The lowest BCUT2D eigenvalue weighted by Crippen LogP contribution is -2.28. The molecular formula is C8H8ClFN2O. The lowest BCUT2D eigenvalue weighted by atomic mass is 10.2. The summed E-state index contributed by atoms with van der Waals surface area (Å²) in [6.07, 6.45) is 0.417. The minimum Gasteiger partial charge on any atom is -0.279 e. The number of nitrogens with zero attached hydrogens (tertiary/aromatic N) is 1. The molecule has 0 heterocycles. The molecule has 0 saturated carbocycles. The van der Waals surface area contributed by atoms with Gasteiger partial charge in [-0.25, -0.2) is 10.2 Å². The van der Waals surface area contributed by atoms with Crippen LogP contribution in [0.15, 0.2) is 18.2 Å². The van der Waals surface area contributed by atoms with E-state index in [4.69, 9.17) is 17.4 Å². The summed E-state index contributed by atoms with van der Waals surface area (Å²) in [5.41, 5.74) is 0.294. The molecule has 0 fully saturated rings. The molecule has 0 spiro atoms. The van der Waals surface area contributed by atoms with E-state index in [1.807, 2.05) is 0 Å². The lowest BCUT2D eigenvalue weighted by molar-refractivity contribution is -0.118. The number of hydrogen-bond acceptors (Lipinski definition) is 2. The van der Waals surface area contributed by atoms with E-state index in [1.165, 1.54) is 12.1 Å².